The van der Waals surface area contributed by atoms with E-state index < -0.39 is 0 Å². The maximum absolute atomic E-state index is 11.7. The average Bonchev–Trinajstić information content (AvgIpc) is 3.16. The number of aromatic nitrogens is 4. The summed E-state index contributed by atoms with van der Waals surface area (Å²) in [7, 11) is 0. The Morgan fingerprint density at radius 3 is 2.76 bits per heavy atom. The molecule has 1 aromatic heterocycles. The van der Waals surface area contributed by atoms with Gasteiger partial charge in [0.25, 0.3) is 0 Å². The first-order valence-electron chi connectivity index (χ1n) is 7.07. The van der Waals surface area contributed by atoms with Gasteiger partial charge in [0, 0.05) is 23.7 Å². The first-order valence-corrected chi connectivity index (χ1v) is 7.07. The van der Waals surface area contributed by atoms with E-state index in [1.807, 2.05) is 28.9 Å². The number of amides is 1. The number of tetrazole rings is 1. The van der Waals surface area contributed by atoms with Gasteiger partial charge in [0.05, 0.1) is 6.04 Å². The zero-order valence-corrected chi connectivity index (χ0v) is 11.9. The third-order valence-corrected chi connectivity index (χ3v) is 3.32. The molecule has 21 heavy (non-hydrogen) atoms. The lowest BCUT2D eigenvalue weighted by atomic mass is 10.2. The summed E-state index contributed by atoms with van der Waals surface area (Å²) in [5.74, 6) is 0.687. The Hall–Kier alpha value is -2.28. The quantitative estimate of drug-likeness (QED) is 0.864. The highest BCUT2D eigenvalue weighted by atomic mass is 16.1. The lowest BCUT2D eigenvalue weighted by molar-refractivity contribution is -0.116. The van der Waals surface area contributed by atoms with E-state index in [-0.39, 0.29) is 11.9 Å². The minimum Gasteiger partial charge on any atom is -0.327 e. The van der Waals surface area contributed by atoms with E-state index >= 15 is 0 Å². The summed E-state index contributed by atoms with van der Waals surface area (Å²) < 4.78 is 1.86. The van der Waals surface area contributed by atoms with E-state index in [1.54, 1.807) is 6.92 Å². The van der Waals surface area contributed by atoms with Crippen LogP contribution in [0.5, 0.6) is 0 Å². The fourth-order valence-corrected chi connectivity index (χ4v) is 2.16. The predicted octanol–water partition coefficient (Wildman–Crippen LogP) is 1.35. The number of nitrogens with two attached hydrogens (primary N) is 1. The van der Waals surface area contributed by atoms with Crippen molar-refractivity contribution in [3.63, 3.8) is 0 Å². The monoisotopic (exact) mass is 286 g/mol. The summed E-state index contributed by atoms with van der Waals surface area (Å²) in [4.78, 5) is 11.7. The van der Waals surface area contributed by atoms with Gasteiger partial charge in [-0.1, -0.05) is 0 Å². The van der Waals surface area contributed by atoms with E-state index in [0.29, 0.717) is 12.5 Å². The number of hydrogen-bond acceptors (Lipinski definition) is 5. The Morgan fingerprint density at radius 1 is 1.43 bits per heavy atom. The third kappa shape index (κ3) is 3.25. The van der Waals surface area contributed by atoms with Gasteiger partial charge in [-0.3, -0.25) is 4.79 Å². The smallest absolute Gasteiger partial charge is 0.225 e. The van der Waals surface area contributed by atoms with Crippen molar-refractivity contribution in [2.75, 3.05) is 5.32 Å². The van der Waals surface area contributed by atoms with E-state index in [9.17, 15) is 4.79 Å². The van der Waals surface area contributed by atoms with Crippen LogP contribution < -0.4 is 11.1 Å². The molecule has 1 aliphatic rings. The van der Waals surface area contributed by atoms with Crippen LogP contribution in [0.3, 0.4) is 0 Å². The second-order valence-electron chi connectivity index (χ2n) is 5.49. The first-order chi connectivity index (χ1) is 10.1. The Morgan fingerprint density at radius 2 is 2.14 bits per heavy atom. The lowest BCUT2D eigenvalue weighted by Gasteiger charge is -2.08. The maximum atomic E-state index is 11.7. The molecule has 1 amide bonds. The fourth-order valence-electron chi connectivity index (χ4n) is 2.16. The molecule has 1 saturated carbocycles. The van der Waals surface area contributed by atoms with Crippen LogP contribution in [0.2, 0.25) is 0 Å². The first kappa shape index (κ1) is 13.7. The summed E-state index contributed by atoms with van der Waals surface area (Å²) in [5.41, 5.74) is 7.29. The van der Waals surface area contributed by atoms with Crippen LogP contribution in [0.15, 0.2) is 24.3 Å². The van der Waals surface area contributed by atoms with Crippen molar-refractivity contribution in [1.29, 1.82) is 0 Å². The highest BCUT2D eigenvalue weighted by Gasteiger charge is 2.28. The van der Waals surface area contributed by atoms with Crippen LogP contribution >= 0.6 is 0 Å². The molecular formula is C14H18N6O. The minimum atomic E-state index is -0.146. The van der Waals surface area contributed by atoms with Crippen LogP contribution in [0, 0.1) is 0 Å². The Labute approximate surface area is 122 Å². The molecular weight excluding hydrogens is 268 g/mol. The van der Waals surface area contributed by atoms with Gasteiger partial charge < -0.3 is 11.1 Å². The molecule has 110 valence electrons. The number of rotatable bonds is 5. The second-order valence-corrected chi connectivity index (χ2v) is 5.49. The molecule has 7 nitrogen and oxygen atoms in total. The fraction of sp³-hybridized carbons (Fsp3) is 0.429. The molecule has 1 fully saturated rings. The number of hydrogen-bond donors (Lipinski definition) is 2. The molecule has 1 heterocycles. The highest BCUT2D eigenvalue weighted by Crippen LogP contribution is 2.36. The number of anilines is 1. The van der Waals surface area contributed by atoms with Gasteiger partial charge in [-0.05, 0) is 54.5 Å². The largest absolute Gasteiger partial charge is 0.327 e. The molecule has 3 rings (SSSR count). The van der Waals surface area contributed by atoms with Crippen molar-refractivity contribution < 1.29 is 4.79 Å². The average molecular weight is 286 g/mol. The zero-order chi connectivity index (χ0) is 14.8. The second kappa shape index (κ2) is 5.61. The summed E-state index contributed by atoms with van der Waals surface area (Å²) in [6.45, 7) is 1.81. The molecule has 0 aliphatic heterocycles. The number of nitrogens with one attached hydrogen (secondary N) is 1. The van der Waals surface area contributed by atoms with E-state index in [0.717, 1.165) is 29.9 Å². The lowest BCUT2D eigenvalue weighted by Crippen LogP contribution is -2.23. The molecule has 0 bridgehead atoms. The minimum absolute atomic E-state index is 0.0828. The number of carbonyl (C=O) groups excluding carboxylic acids is 1. The number of benzene rings is 1. The predicted molar refractivity (Wildman–Crippen MR) is 78.4 cm³/mol. The van der Waals surface area contributed by atoms with Crippen molar-refractivity contribution in [1.82, 2.24) is 20.2 Å². The van der Waals surface area contributed by atoms with Crippen LogP contribution in [0.4, 0.5) is 5.69 Å². The topological polar surface area (TPSA) is 98.7 Å². The van der Waals surface area contributed by atoms with E-state index in [2.05, 4.69) is 20.8 Å². The van der Waals surface area contributed by atoms with Gasteiger partial charge in [-0.2, -0.15) is 0 Å². The van der Waals surface area contributed by atoms with Crippen LogP contribution in [0.25, 0.3) is 11.4 Å². The molecule has 3 N–H and O–H groups in total. The van der Waals surface area contributed by atoms with Crippen LogP contribution in [-0.4, -0.2) is 32.2 Å². The normalized spacial score (nSPS) is 15.7. The molecule has 7 heteroatoms. The van der Waals surface area contributed by atoms with Gasteiger partial charge in [0.1, 0.15) is 0 Å². The van der Waals surface area contributed by atoms with Gasteiger partial charge in [0.15, 0.2) is 5.82 Å². The summed E-state index contributed by atoms with van der Waals surface area (Å²) in [6.07, 6.45) is 2.56. The molecule has 1 aromatic carbocycles. The number of nitrogens with zero attached hydrogens (tertiary/aromatic N) is 4. The maximum Gasteiger partial charge on any atom is 0.225 e. The van der Waals surface area contributed by atoms with Gasteiger partial charge in [0.2, 0.25) is 5.91 Å². The Kier molecular flexibility index (Phi) is 3.66. The van der Waals surface area contributed by atoms with Crippen molar-refractivity contribution in [3.8, 4) is 11.4 Å². The standard InChI is InChI=1S/C14H18N6O/c1-9(15)8-13(21)16-11-4-2-10(3-5-11)14-17-18-19-20(14)12-6-7-12/h2-5,9,12H,6-8,15H2,1H3,(H,16,21). The van der Waals surface area contributed by atoms with Crippen molar-refractivity contribution >= 4 is 11.6 Å². The van der Waals surface area contributed by atoms with Crippen LogP contribution in [-0.2, 0) is 4.79 Å². The summed E-state index contributed by atoms with van der Waals surface area (Å²) in [5, 5.41) is 14.7. The van der Waals surface area contributed by atoms with Crippen molar-refractivity contribution in [3.05, 3.63) is 24.3 Å². The molecule has 0 spiro atoms. The van der Waals surface area contributed by atoms with Crippen molar-refractivity contribution in [2.45, 2.75) is 38.3 Å². The highest BCUT2D eigenvalue weighted by molar-refractivity contribution is 5.91. The van der Waals surface area contributed by atoms with Gasteiger partial charge >= 0.3 is 0 Å². The molecule has 2 aromatic rings. The molecule has 0 saturated heterocycles. The van der Waals surface area contributed by atoms with E-state index in [4.69, 9.17) is 5.73 Å². The van der Waals surface area contributed by atoms with Crippen LogP contribution in [0.1, 0.15) is 32.2 Å². The molecule has 1 atom stereocenters. The number of carbonyl (C=O) groups is 1. The van der Waals surface area contributed by atoms with E-state index in [1.165, 1.54) is 0 Å². The Bertz CT molecular complexity index is 629. The molecule has 1 unspecified atom stereocenters. The van der Waals surface area contributed by atoms with Crippen molar-refractivity contribution in [2.24, 2.45) is 5.73 Å². The third-order valence-electron chi connectivity index (χ3n) is 3.32. The summed E-state index contributed by atoms with van der Waals surface area (Å²) in [6, 6.07) is 7.80. The Balaban J connectivity index is 1.72. The molecule has 1 aliphatic carbocycles. The van der Waals surface area contributed by atoms with Gasteiger partial charge in [-0.15, -0.1) is 5.10 Å². The zero-order valence-electron chi connectivity index (χ0n) is 11.9. The summed E-state index contributed by atoms with van der Waals surface area (Å²) >= 11 is 0. The molecule has 0 radical (unpaired) electrons. The SMILES string of the molecule is CC(N)CC(=O)Nc1ccc(-c2nnnn2C2CC2)cc1. The van der Waals surface area contributed by atoms with Gasteiger partial charge in [-0.25, -0.2) is 4.68 Å².